The van der Waals surface area contributed by atoms with Crippen LogP contribution in [-0.4, -0.2) is 68.2 Å². The van der Waals surface area contributed by atoms with E-state index in [-0.39, 0.29) is 5.91 Å². The number of rotatable bonds is 5. The number of nitrogens with one attached hydrogen (secondary N) is 1. The minimum Gasteiger partial charge on any atom is -0.330 e. The van der Waals surface area contributed by atoms with Gasteiger partial charge in [0.1, 0.15) is 10.8 Å². The van der Waals surface area contributed by atoms with Gasteiger partial charge in [-0.25, -0.2) is 4.98 Å². The number of imidazole rings is 1. The Labute approximate surface area is 161 Å². The summed E-state index contributed by atoms with van der Waals surface area (Å²) < 4.78 is 2.17. The van der Waals surface area contributed by atoms with E-state index in [0.29, 0.717) is 11.7 Å². The highest BCUT2D eigenvalue weighted by Gasteiger charge is 2.21. The molecule has 3 heterocycles. The molecule has 1 aromatic carbocycles. The molecule has 1 N–H and O–H groups in total. The van der Waals surface area contributed by atoms with Gasteiger partial charge in [-0.1, -0.05) is 23.5 Å². The first-order chi connectivity index (χ1) is 13.1. The van der Waals surface area contributed by atoms with Crippen molar-refractivity contribution in [3.05, 3.63) is 35.1 Å². The van der Waals surface area contributed by atoms with E-state index >= 15 is 0 Å². The molecule has 0 atom stereocenters. The first kappa shape index (κ1) is 18.0. The lowest BCUT2D eigenvalue weighted by molar-refractivity contribution is -0.117. The zero-order valence-electron chi connectivity index (χ0n) is 15.6. The van der Waals surface area contributed by atoms with E-state index in [9.17, 15) is 4.79 Å². The molecule has 3 aromatic rings. The molecule has 142 valence electrons. The van der Waals surface area contributed by atoms with Gasteiger partial charge in [0.2, 0.25) is 11.0 Å². The number of aryl methyl sites for hydroxylation is 2. The molecule has 0 radical (unpaired) electrons. The number of hydrogen-bond donors (Lipinski definition) is 1. The van der Waals surface area contributed by atoms with Crippen LogP contribution in [0.1, 0.15) is 10.8 Å². The minimum absolute atomic E-state index is 0.0325. The van der Waals surface area contributed by atoms with Gasteiger partial charge in [-0.3, -0.25) is 19.9 Å². The second-order valence-corrected chi connectivity index (χ2v) is 7.98. The van der Waals surface area contributed by atoms with Crippen molar-refractivity contribution in [3.63, 3.8) is 0 Å². The van der Waals surface area contributed by atoms with Crippen molar-refractivity contribution in [2.45, 2.75) is 13.5 Å². The third-order valence-corrected chi connectivity index (χ3v) is 5.60. The average molecular weight is 385 g/mol. The predicted molar refractivity (Wildman–Crippen MR) is 106 cm³/mol. The molecule has 1 fully saturated rings. The maximum atomic E-state index is 12.2. The van der Waals surface area contributed by atoms with Gasteiger partial charge in [-0.15, -0.1) is 10.2 Å². The molecule has 27 heavy (non-hydrogen) atoms. The van der Waals surface area contributed by atoms with Gasteiger partial charge in [0, 0.05) is 33.2 Å². The smallest absolute Gasteiger partial charge is 0.240 e. The third kappa shape index (κ3) is 4.15. The largest absolute Gasteiger partial charge is 0.330 e. The number of amides is 1. The molecule has 8 nitrogen and oxygen atoms in total. The van der Waals surface area contributed by atoms with Crippen molar-refractivity contribution in [2.75, 3.05) is 38.0 Å². The number of carbonyl (C=O) groups excluding carboxylic acids is 1. The summed E-state index contributed by atoms with van der Waals surface area (Å²) >= 11 is 1.39. The van der Waals surface area contributed by atoms with Crippen molar-refractivity contribution < 1.29 is 4.79 Å². The molecule has 1 aliphatic heterocycles. The molecule has 1 saturated heterocycles. The van der Waals surface area contributed by atoms with Crippen LogP contribution in [0.3, 0.4) is 0 Å². The average Bonchev–Trinajstić information content (AvgIpc) is 3.20. The van der Waals surface area contributed by atoms with Gasteiger partial charge in [0.05, 0.1) is 24.1 Å². The normalized spacial score (nSPS) is 16.1. The molecule has 1 amide bonds. The van der Waals surface area contributed by atoms with Crippen molar-refractivity contribution in [1.82, 2.24) is 29.5 Å². The summed E-state index contributed by atoms with van der Waals surface area (Å²) in [6.07, 6.45) is 0. The Morgan fingerprint density at radius 2 is 1.89 bits per heavy atom. The molecular weight excluding hydrogens is 362 g/mol. The van der Waals surface area contributed by atoms with E-state index < -0.39 is 0 Å². The Hall–Kier alpha value is -2.36. The third-order valence-electron chi connectivity index (χ3n) is 4.85. The van der Waals surface area contributed by atoms with Crippen LogP contribution in [0, 0.1) is 6.92 Å². The van der Waals surface area contributed by atoms with Gasteiger partial charge in [0.15, 0.2) is 0 Å². The van der Waals surface area contributed by atoms with Crippen LogP contribution < -0.4 is 5.32 Å². The standard InChI is InChI=1S/C18H23N7OS/c1-13-21-22-18(27-13)20-17(26)12-25-9-7-24(8-10-25)11-16-19-14-5-3-4-6-15(14)23(16)2/h3-6H,7-12H2,1-2H3,(H,20,22,26). The fourth-order valence-electron chi connectivity index (χ4n) is 3.35. The number of benzene rings is 1. The number of hydrogen-bond acceptors (Lipinski definition) is 7. The van der Waals surface area contributed by atoms with Crippen molar-refractivity contribution in [1.29, 1.82) is 0 Å². The Morgan fingerprint density at radius 1 is 1.15 bits per heavy atom. The van der Waals surface area contributed by atoms with Gasteiger partial charge >= 0.3 is 0 Å². The Morgan fingerprint density at radius 3 is 2.59 bits per heavy atom. The highest BCUT2D eigenvalue weighted by atomic mass is 32.1. The van der Waals surface area contributed by atoms with Crippen LogP contribution in [0.25, 0.3) is 11.0 Å². The monoisotopic (exact) mass is 385 g/mol. The molecule has 0 bridgehead atoms. The van der Waals surface area contributed by atoms with Crippen molar-refractivity contribution in [2.24, 2.45) is 7.05 Å². The summed E-state index contributed by atoms with van der Waals surface area (Å²) in [6.45, 7) is 6.67. The first-order valence-electron chi connectivity index (χ1n) is 9.03. The van der Waals surface area contributed by atoms with E-state index in [0.717, 1.165) is 54.6 Å². The summed E-state index contributed by atoms with van der Waals surface area (Å²) in [5, 5.41) is 12.1. The van der Waals surface area contributed by atoms with E-state index in [1.54, 1.807) is 0 Å². The van der Waals surface area contributed by atoms with Crippen LogP contribution in [0.5, 0.6) is 0 Å². The lowest BCUT2D eigenvalue weighted by Gasteiger charge is -2.33. The molecular formula is C18H23N7OS. The van der Waals surface area contributed by atoms with Crippen LogP contribution in [0.15, 0.2) is 24.3 Å². The van der Waals surface area contributed by atoms with Gasteiger partial charge < -0.3 is 4.57 Å². The molecule has 0 spiro atoms. The number of piperazine rings is 1. The lowest BCUT2D eigenvalue weighted by atomic mass is 10.3. The predicted octanol–water partition coefficient (Wildman–Crippen LogP) is 1.49. The van der Waals surface area contributed by atoms with Crippen molar-refractivity contribution >= 4 is 33.4 Å². The Balaban J connectivity index is 1.28. The van der Waals surface area contributed by atoms with Crippen molar-refractivity contribution in [3.8, 4) is 0 Å². The number of anilines is 1. The van der Waals surface area contributed by atoms with Crippen LogP contribution in [-0.2, 0) is 18.4 Å². The van der Waals surface area contributed by atoms with Crippen LogP contribution in [0.4, 0.5) is 5.13 Å². The second-order valence-electron chi connectivity index (χ2n) is 6.80. The minimum atomic E-state index is -0.0325. The highest BCUT2D eigenvalue weighted by Crippen LogP contribution is 2.17. The number of fused-ring (bicyclic) bond motifs is 1. The van der Waals surface area contributed by atoms with Gasteiger partial charge in [-0.2, -0.15) is 0 Å². The summed E-state index contributed by atoms with van der Waals surface area (Å²) in [5.74, 6) is 1.05. The number of para-hydroxylation sites is 2. The van der Waals surface area contributed by atoms with Crippen LogP contribution >= 0.6 is 11.3 Å². The SMILES string of the molecule is Cc1nnc(NC(=O)CN2CCN(Cc3nc4ccccc4n3C)CC2)s1. The lowest BCUT2D eigenvalue weighted by Crippen LogP contribution is -2.48. The van der Waals surface area contributed by atoms with Gasteiger partial charge in [-0.05, 0) is 19.1 Å². The number of aromatic nitrogens is 4. The zero-order valence-corrected chi connectivity index (χ0v) is 16.4. The number of nitrogens with zero attached hydrogens (tertiary/aromatic N) is 6. The van der Waals surface area contributed by atoms with E-state index in [1.807, 2.05) is 19.1 Å². The molecule has 0 unspecified atom stereocenters. The molecule has 1 aliphatic rings. The number of carbonyl (C=O) groups is 1. The second kappa shape index (κ2) is 7.71. The van der Waals surface area contributed by atoms with E-state index in [4.69, 9.17) is 4.98 Å². The first-order valence-corrected chi connectivity index (χ1v) is 9.85. The fourth-order valence-corrected chi connectivity index (χ4v) is 3.96. The van der Waals surface area contributed by atoms with E-state index in [1.165, 1.54) is 11.3 Å². The topological polar surface area (TPSA) is 79.2 Å². The van der Waals surface area contributed by atoms with Crippen LogP contribution in [0.2, 0.25) is 0 Å². The molecule has 0 saturated carbocycles. The summed E-state index contributed by atoms with van der Waals surface area (Å²) in [6, 6.07) is 8.21. The van der Waals surface area contributed by atoms with Gasteiger partial charge in [0.25, 0.3) is 0 Å². The summed E-state index contributed by atoms with van der Waals surface area (Å²) in [7, 11) is 2.07. The maximum absolute atomic E-state index is 12.2. The summed E-state index contributed by atoms with van der Waals surface area (Å²) in [5.41, 5.74) is 2.20. The summed E-state index contributed by atoms with van der Waals surface area (Å²) in [4.78, 5) is 21.5. The fraction of sp³-hybridized carbons (Fsp3) is 0.444. The van der Waals surface area contributed by atoms with E-state index in [2.05, 4.69) is 49.1 Å². The Bertz CT molecular complexity index is 942. The zero-order chi connectivity index (χ0) is 18.8. The quantitative estimate of drug-likeness (QED) is 0.717. The Kier molecular flexibility index (Phi) is 5.15. The highest BCUT2D eigenvalue weighted by molar-refractivity contribution is 7.15. The maximum Gasteiger partial charge on any atom is 0.240 e. The molecule has 4 rings (SSSR count). The molecule has 0 aliphatic carbocycles. The molecule has 2 aromatic heterocycles. The molecule has 9 heteroatoms.